The molecule has 1 N–H and O–H groups in total. The van der Waals surface area contributed by atoms with Gasteiger partial charge >= 0.3 is 0 Å². The molecule has 0 radical (unpaired) electrons. The molecule has 2 aromatic rings. The zero-order chi connectivity index (χ0) is 13.5. The van der Waals surface area contributed by atoms with E-state index in [9.17, 15) is 0 Å². The number of rotatable bonds is 8. The van der Waals surface area contributed by atoms with Crippen LogP contribution in [0.1, 0.15) is 31.7 Å². The Morgan fingerprint density at radius 2 is 2.32 bits per heavy atom. The van der Waals surface area contributed by atoms with E-state index in [0.29, 0.717) is 13.2 Å². The third kappa shape index (κ3) is 4.10. The van der Waals surface area contributed by atoms with Crippen LogP contribution in [0.4, 0.5) is 0 Å². The molecule has 0 saturated carbocycles. The Kier molecular flexibility index (Phi) is 4.97. The molecule has 0 amide bonds. The van der Waals surface area contributed by atoms with Gasteiger partial charge in [0.1, 0.15) is 6.61 Å². The summed E-state index contributed by atoms with van der Waals surface area (Å²) < 4.78 is 12.7. The van der Waals surface area contributed by atoms with Crippen LogP contribution >= 0.6 is 0 Å². The number of aromatic nitrogens is 3. The molecule has 6 heteroatoms. The third-order valence-electron chi connectivity index (χ3n) is 2.61. The molecule has 0 bridgehead atoms. The maximum atomic E-state index is 5.60. The first kappa shape index (κ1) is 13.6. The number of ether oxygens (including phenoxy) is 1. The average molecular weight is 264 g/mol. The summed E-state index contributed by atoms with van der Waals surface area (Å²) in [6.07, 6.45) is 4.65. The Morgan fingerprint density at radius 3 is 3.11 bits per heavy atom. The smallest absolute Gasteiger partial charge is 0.174 e. The number of nitrogens with one attached hydrogen (secondary N) is 1. The van der Waals surface area contributed by atoms with Crippen LogP contribution < -0.4 is 10.1 Å². The van der Waals surface area contributed by atoms with Crippen molar-refractivity contribution >= 4 is 0 Å². The van der Waals surface area contributed by atoms with E-state index in [1.165, 1.54) is 0 Å². The minimum Gasteiger partial charge on any atom is -0.482 e. The highest BCUT2D eigenvalue weighted by molar-refractivity contribution is 5.13. The summed E-state index contributed by atoms with van der Waals surface area (Å²) in [6, 6.07) is 1.90. The molecule has 2 heterocycles. The van der Waals surface area contributed by atoms with Gasteiger partial charge in [0.25, 0.3) is 0 Å². The molecular weight excluding hydrogens is 244 g/mol. The molecule has 0 aliphatic carbocycles. The van der Waals surface area contributed by atoms with E-state index in [1.54, 1.807) is 6.20 Å². The second-order valence-corrected chi connectivity index (χ2v) is 4.29. The fourth-order valence-electron chi connectivity index (χ4n) is 1.69. The van der Waals surface area contributed by atoms with E-state index >= 15 is 0 Å². The Hall–Kier alpha value is -1.82. The summed E-state index contributed by atoms with van der Waals surface area (Å²) in [5.74, 6) is 1.47. The van der Waals surface area contributed by atoms with Crippen LogP contribution in [0.5, 0.6) is 5.75 Å². The molecular formula is C13H20N4O2. The van der Waals surface area contributed by atoms with E-state index in [4.69, 9.17) is 9.26 Å². The van der Waals surface area contributed by atoms with Crippen LogP contribution in [0.3, 0.4) is 0 Å². The van der Waals surface area contributed by atoms with Crippen molar-refractivity contribution in [3.05, 3.63) is 29.9 Å². The van der Waals surface area contributed by atoms with Crippen LogP contribution in [0.2, 0.25) is 0 Å². The van der Waals surface area contributed by atoms with Crippen molar-refractivity contribution in [3.8, 4) is 5.75 Å². The van der Waals surface area contributed by atoms with Crippen LogP contribution in [0, 0.1) is 0 Å². The van der Waals surface area contributed by atoms with Gasteiger partial charge in [-0.25, -0.2) is 0 Å². The normalized spacial score (nSPS) is 10.8. The highest BCUT2D eigenvalue weighted by Gasteiger charge is 2.05. The zero-order valence-corrected chi connectivity index (χ0v) is 11.4. The minimum atomic E-state index is 0.372. The molecule has 6 nitrogen and oxygen atoms in total. The van der Waals surface area contributed by atoms with Gasteiger partial charge in [0.15, 0.2) is 11.5 Å². The van der Waals surface area contributed by atoms with Gasteiger partial charge in [0.2, 0.25) is 0 Å². The van der Waals surface area contributed by atoms with Crippen molar-refractivity contribution in [1.29, 1.82) is 0 Å². The van der Waals surface area contributed by atoms with Gasteiger partial charge < -0.3 is 14.6 Å². The highest BCUT2D eigenvalue weighted by atomic mass is 16.5. The van der Waals surface area contributed by atoms with Crippen LogP contribution in [-0.4, -0.2) is 21.5 Å². The van der Waals surface area contributed by atoms with Gasteiger partial charge in [-0.2, -0.15) is 5.10 Å². The molecule has 0 saturated heterocycles. The first-order valence-electron chi connectivity index (χ1n) is 6.62. The quantitative estimate of drug-likeness (QED) is 0.789. The van der Waals surface area contributed by atoms with Crippen molar-refractivity contribution in [2.45, 2.75) is 40.0 Å². The van der Waals surface area contributed by atoms with Gasteiger partial charge in [-0.3, -0.25) is 4.68 Å². The Balaban J connectivity index is 1.82. The van der Waals surface area contributed by atoms with E-state index in [0.717, 1.165) is 36.7 Å². The third-order valence-corrected chi connectivity index (χ3v) is 2.61. The molecule has 0 atom stereocenters. The largest absolute Gasteiger partial charge is 0.482 e. The monoisotopic (exact) mass is 264 g/mol. The number of nitrogens with zero attached hydrogens (tertiary/aromatic N) is 3. The maximum absolute atomic E-state index is 5.60. The van der Waals surface area contributed by atoms with Gasteiger partial charge in [0, 0.05) is 19.2 Å². The summed E-state index contributed by atoms with van der Waals surface area (Å²) in [6.45, 7) is 7.07. The van der Waals surface area contributed by atoms with Crippen molar-refractivity contribution in [3.63, 3.8) is 0 Å². The number of hydrogen-bond donors (Lipinski definition) is 1. The standard InChI is InChI=1S/C13H20N4O2/c1-3-5-17-9-13(8-15-17)18-10-12-6-11(16-19-12)7-14-4-2/h6,8-9,14H,3-5,7,10H2,1-2H3. The summed E-state index contributed by atoms with van der Waals surface area (Å²) in [5, 5.41) is 11.4. The predicted octanol–water partition coefficient (Wildman–Crippen LogP) is 1.97. The first-order valence-corrected chi connectivity index (χ1v) is 6.62. The molecule has 2 rings (SSSR count). The van der Waals surface area contributed by atoms with Crippen LogP contribution in [-0.2, 0) is 19.7 Å². The maximum Gasteiger partial charge on any atom is 0.174 e. The lowest BCUT2D eigenvalue weighted by molar-refractivity contribution is 0.248. The Bertz CT molecular complexity index is 492. The molecule has 0 fully saturated rings. The molecule has 2 aromatic heterocycles. The second kappa shape index (κ2) is 6.94. The lowest BCUT2D eigenvalue weighted by atomic mass is 10.3. The van der Waals surface area contributed by atoms with Crippen LogP contribution in [0.15, 0.2) is 23.0 Å². The summed E-state index contributed by atoms with van der Waals surface area (Å²) >= 11 is 0. The van der Waals surface area contributed by atoms with Crippen molar-refractivity contribution < 1.29 is 9.26 Å². The molecule has 0 unspecified atom stereocenters. The minimum absolute atomic E-state index is 0.372. The predicted molar refractivity (Wildman–Crippen MR) is 70.7 cm³/mol. The van der Waals surface area contributed by atoms with Crippen LogP contribution in [0.25, 0.3) is 0 Å². The van der Waals surface area contributed by atoms with E-state index < -0.39 is 0 Å². The van der Waals surface area contributed by atoms with E-state index in [2.05, 4.69) is 29.4 Å². The molecule has 0 aliphatic rings. The molecule has 0 spiro atoms. The molecule has 104 valence electrons. The summed E-state index contributed by atoms with van der Waals surface area (Å²) in [7, 11) is 0. The molecule has 0 aliphatic heterocycles. The number of hydrogen-bond acceptors (Lipinski definition) is 5. The van der Waals surface area contributed by atoms with E-state index in [-0.39, 0.29) is 0 Å². The molecule has 0 aromatic carbocycles. The van der Waals surface area contributed by atoms with Crippen molar-refractivity contribution in [2.75, 3.05) is 6.54 Å². The highest BCUT2D eigenvalue weighted by Crippen LogP contribution is 2.12. The SMILES string of the molecule is CCCn1cc(OCc2cc(CNCC)no2)cn1. The second-order valence-electron chi connectivity index (χ2n) is 4.29. The van der Waals surface area contributed by atoms with Gasteiger partial charge in [-0.15, -0.1) is 0 Å². The van der Waals surface area contributed by atoms with Gasteiger partial charge in [-0.1, -0.05) is 19.0 Å². The fraction of sp³-hybridized carbons (Fsp3) is 0.538. The summed E-state index contributed by atoms with van der Waals surface area (Å²) in [4.78, 5) is 0. The Morgan fingerprint density at radius 1 is 1.42 bits per heavy atom. The zero-order valence-electron chi connectivity index (χ0n) is 11.4. The topological polar surface area (TPSA) is 65.1 Å². The van der Waals surface area contributed by atoms with Gasteiger partial charge in [0.05, 0.1) is 18.1 Å². The van der Waals surface area contributed by atoms with E-state index in [1.807, 2.05) is 16.9 Å². The first-order chi connectivity index (χ1) is 9.31. The number of aryl methyl sites for hydroxylation is 1. The van der Waals surface area contributed by atoms with Crippen molar-refractivity contribution in [2.24, 2.45) is 0 Å². The molecule has 19 heavy (non-hydrogen) atoms. The lowest BCUT2D eigenvalue weighted by Gasteiger charge is -1.99. The Labute approximate surface area is 112 Å². The summed E-state index contributed by atoms with van der Waals surface area (Å²) in [5.41, 5.74) is 0.891. The van der Waals surface area contributed by atoms with Crippen molar-refractivity contribution in [1.82, 2.24) is 20.3 Å². The average Bonchev–Trinajstić information content (AvgIpc) is 3.03. The van der Waals surface area contributed by atoms with Gasteiger partial charge in [-0.05, 0) is 13.0 Å². The fourth-order valence-corrected chi connectivity index (χ4v) is 1.69. The lowest BCUT2D eigenvalue weighted by Crippen LogP contribution is -2.11.